The Kier molecular flexibility index (Phi) is 4.12. The van der Waals surface area contributed by atoms with Gasteiger partial charge >= 0.3 is 0 Å². The number of hydrogen-bond donors (Lipinski definition) is 1. The first kappa shape index (κ1) is 14.4. The molecule has 1 aromatic carbocycles. The van der Waals surface area contributed by atoms with E-state index in [9.17, 15) is 0 Å². The van der Waals surface area contributed by atoms with Gasteiger partial charge in [-0.1, -0.05) is 31.0 Å². The third-order valence-corrected chi connectivity index (χ3v) is 4.42. The van der Waals surface area contributed by atoms with Crippen LogP contribution in [0.15, 0.2) is 34.7 Å². The van der Waals surface area contributed by atoms with Crippen molar-refractivity contribution in [1.29, 1.82) is 0 Å². The van der Waals surface area contributed by atoms with Crippen LogP contribution in [0.25, 0.3) is 11.0 Å². The van der Waals surface area contributed by atoms with Crippen LogP contribution in [0.1, 0.15) is 24.5 Å². The number of imidazole rings is 1. The Morgan fingerprint density at radius 1 is 1.29 bits per heavy atom. The smallest absolute Gasteiger partial charge is 0.172 e. The lowest BCUT2D eigenvalue weighted by molar-refractivity contribution is 0.854. The molecule has 6 heteroatoms. The summed E-state index contributed by atoms with van der Waals surface area (Å²) in [6, 6.07) is 6.17. The Labute approximate surface area is 132 Å². The second-order valence-electron chi connectivity index (χ2n) is 4.86. The summed E-state index contributed by atoms with van der Waals surface area (Å²) in [5, 5.41) is 2.22. The van der Waals surface area contributed by atoms with Gasteiger partial charge in [-0.25, -0.2) is 15.0 Å². The van der Waals surface area contributed by atoms with Crippen LogP contribution < -0.4 is 0 Å². The van der Waals surface area contributed by atoms with Gasteiger partial charge in [0.15, 0.2) is 5.16 Å². The monoisotopic (exact) mass is 318 g/mol. The molecule has 0 saturated heterocycles. The van der Waals surface area contributed by atoms with E-state index < -0.39 is 0 Å². The van der Waals surface area contributed by atoms with Gasteiger partial charge < -0.3 is 4.98 Å². The molecule has 4 nitrogen and oxygen atoms in total. The van der Waals surface area contributed by atoms with Crippen LogP contribution >= 0.6 is 23.4 Å². The second-order valence-corrected chi connectivity index (χ2v) is 6.20. The lowest BCUT2D eigenvalue weighted by Gasteiger charge is -2.06. The third-order valence-electron chi connectivity index (χ3n) is 3.16. The number of rotatable bonds is 4. The first-order chi connectivity index (χ1) is 10.2. The molecule has 0 aliphatic heterocycles. The minimum atomic E-state index is 0.529. The molecule has 0 amide bonds. The van der Waals surface area contributed by atoms with Gasteiger partial charge in [-0.3, -0.25) is 0 Å². The van der Waals surface area contributed by atoms with E-state index in [1.165, 1.54) is 23.7 Å². The van der Waals surface area contributed by atoms with Crippen LogP contribution in [0, 0.1) is 6.92 Å². The molecular weight excluding hydrogens is 304 g/mol. The number of benzene rings is 1. The van der Waals surface area contributed by atoms with Gasteiger partial charge in [0, 0.05) is 5.56 Å². The van der Waals surface area contributed by atoms with Crippen molar-refractivity contribution in [2.24, 2.45) is 0 Å². The highest BCUT2D eigenvalue weighted by molar-refractivity contribution is 7.99. The lowest BCUT2D eigenvalue weighted by Crippen LogP contribution is -1.95. The van der Waals surface area contributed by atoms with E-state index >= 15 is 0 Å². The van der Waals surface area contributed by atoms with E-state index in [2.05, 4.69) is 45.9 Å². The molecule has 108 valence electrons. The Morgan fingerprint density at radius 2 is 2.14 bits per heavy atom. The Hall–Kier alpha value is -1.59. The zero-order valence-electron chi connectivity index (χ0n) is 11.9. The van der Waals surface area contributed by atoms with Crippen LogP contribution in [0.5, 0.6) is 0 Å². The summed E-state index contributed by atoms with van der Waals surface area (Å²) >= 11 is 7.68. The molecule has 2 aromatic heterocycles. The zero-order valence-corrected chi connectivity index (χ0v) is 13.4. The summed E-state index contributed by atoms with van der Waals surface area (Å²) in [6.45, 7) is 4.18. The summed E-state index contributed by atoms with van der Waals surface area (Å²) in [5.41, 5.74) is 4.19. The van der Waals surface area contributed by atoms with Crippen LogP contribution in [-0.4, -0.2) is 19.9 Å². The predicted octanol–water partition coefficient (Wildman–Crippen LogP) is 4.42. The van der Waals surface area contributed by atoms with Gasteiger partial charge in [0.1, 0.15) is 16.5 Å². The molecule has 0 bridgehead atoms. The molecule has 21 heavy (non-hydrogen) atoms. The van der Waals surface area contributed by atoms with Gasteiger partial charge in [0.25, 0.3) is 0 Å². The first-order valence-electron chi connectivity index (χ1n) is 6.81. The van der Waals surface area contributed by atoms with Crippen molar-refractivity contribution < 1.29 is 0 Å². The van der Waals surface area contributed by atoms with Crippen LogP contribution in [0.3, 0.4) is 0 Å². The van der Waals surface area contributed by atoms with Crippen molar-refractivity contribution in [3.63, 3.8) is 0 Å². The molecule has 0 radical (unpaired) electrons. The molecule has 0 aliphatic rings. The van der Waals surface area contributed by atoms with Crippen molar-refractivity contribution in [3.8, 4) is 0 Å². The van der Waals surface area contributed by atoms with E-state index in [1.807, 2.05) is 6.07 Å². The third kappa shape index (κ3) is 3.04. The average molecular weight is 319 g/mol. The number of aromatic amines is 1. The van der Waals surface area contributed by atoms with E-state index in [0.29, 0.717) is 5.15 Å². The highest BCUT2D eigenvalue weighted by atomic mass is 35.5. The van der Waals surface area contributed by atoms with Crippen molar-refractivity contribution in [1.82, 2.24) is 19.9 Å². The number of aryl methyl sites for hydroxylation is 1. The molecule has 3 aromatic rings. The maximum atomic E-state index is 6.18. The van der Waals surface area contributed by atoms with E-state index in [0.717, 1.165) is 39.6 Å². The highest BCUT2D eigenvalue weighted by Crippen LogP contribution is 2.31. The van der Waals surface area contributed by atoms with Crippen molar-refractivity contribution >= 4 is 34.4 Å². The van der Waals surface area contributed by atoms with Crippen LogP contribution in [-0.2, 0) is 6.42 Å². The van der Waals surface area contributed by atoms with Gasteiger partial charge in [0.2, 0.25) is 0 Å². The fourth-order valence-electron chi connectivity index (χ4n) is 2.16. The van der Waals surface area contributed by atoms with E-state index in [1.54, 1.807) is 0 Å². The van der Waals surface area contributed by atoms with Gasteiger partial charge in [0.05, 0.1) is 11.0 Å². The predicted molar refractivity (Wildman–Crippen MR) is 86.0 cm³/mol. The summed E-state index contributed by atoms with van der Waals surface area (Å²) in [6.07, 6.45) is 3.36. The fourth-order valence-corrected chi connectivity index (χ4v) is 3.36. The van der Waals surface area contributed by atoms with E-state index in [-0.39, 0.29) is 0 Å². The average Bonchev–Trinajstić information content (AvgIpc) is 2.84. The van der Waals surface area contributed by atoms with Gasteiger partial charge in [-0.2, -0.15) is 0 Å². The number of nitrogens with one attached hydrogen (secondary N) is 1. The zero-order chi connectivity index (χ0) is 14.8. The number of fused-ring (bicyclic) bond motifs is 1. The molecule has 0 fully saturated rings. The summed E-state index contributed by atoms with van der Waals surface area (Å²) in [5.74, 6) is 0. The minimum absolute atomic E-state index is 0.529. The number of aromatic nitrogens is 4. The number of hydrogen-bond acceptors (Lipinski definition) is 4. The molecule has 0 unspecified atom stereocenters. The summed E-state index contributed by atoms with van der Waals surface area (Å²) in [7, 11) is 0. The number of H-pyrrole nitrogens is 1. The maximum Gasteiger partial charge on any atom is 0.172 e. The quantitative estimate of drug-likeness (QED) is 0.723. The fraction of sp³-hybridized carbons (Fsp3) is 0.267. The minimum Gasteiger partial charge on any atom is -0.333 e. The maximum absolute atomic E-state index is 6.18. The Morgan fingerprint density at radius 3 is 2.95 bits per heavy atom. The van der Waals surface area contributed by atoms with Crippen molar-refractivity contribution in [3.05, 3.63) is 40.8 Å². The first-order valence-corrected chi connectivity index (χ1v) is 8.00. The molecule has 0 atom stereocenters. The summed E-state index contributed by atoms with van der Waals surface area (Å²) in [4.78, 5) is 16.3. The largest absolute Gasteiger partial charge is 0.333 e. The molecule has 2 heterocycles. The normalized spacial score (nSPS) is 11.2. The Bertz CT molecular complexity index is 784. The topological polar surface area (TPSA) is 54.5 Å². The Balaban J connectivity index is 1.96. The molecule has 0 saturated carbocycles. The molecular formula is C15H15ClN4S. The van der Waals surface area contributed by atoms with E-state index in [4.69, 9.17) is 11.6 Å². The molecule has 0 aliphatic carbocycles. The van der Waals surface area contributed by atoms with Gasteiger partial charge in [-0.15, -0.1) is 0 Å². The second kappa shape index (κ2) is 6.03. The van der Waals surface area contributed by atoms with Crippen molar-refractivity contribution in [2.75, 3.05) is 0 Å². The van der Waals surface area contributed by atoms with Crippen molar-refractivity contribution in [2.45, 2.75) is 36.9 Å². The SMILES string of the molecule is CCCc1c(Cl)ncnc1Sc1nc2ccc(C)cc2[nH]1. The number of halogens is 1. The standard InChI is InChI=1S/C15H15ClN4S/c1-3-4-10-13(16)17-8-18-14(10)21-15-19-11-6-5-9(2)7-12(11)20-15/h5-8H,3-4H2,1-2H3,(H,19,20). The summed E-state index contributed by atoms with van der Waals surface area (Å²) < 4.78 is 0. The molecule has 1 N–H and O–H groups in total. The van der Waals surface area contributed by atoms with Gasteiger partial charge in [-0.05, 0) is 42.8 Å². The van der Waals surface area contributed by atoms with Crippen LogP contribution in [0.2, 0.25) is 5.15 Å². The van der Waals surface area contributed by atoms with Crippen LogP contribution in [0.4, 0.5) is 0 Å². The lowest BCUT2D eigenvalue weighted by atomic mass is 10.2. The molecule has 0 spiro atoms. The molecule has 3 rings (SSSR count). The number of nitrogens with zero attached hydrogens (tertiary/aromatic N) is 3. The highest BCUT2D eigenvalue weighted by Gasteiger charge is 2.13.